The molecule has 0 spiro atoms. The second-order valence-electron chi connectivity index (χ2n) is 12.6. The summed E-state index contributed by atoms with van der Waals surface area (Å²) < 4.78 is 11.5. The van der Waals surface area contributed by atoms with Crippen molar-refractivity contribution in [3.8, 4) is 5.75 Å². The zero-order valence-electron chi connectivity index (χ0n) is 26.5. The molecule has 3 N–H and O–H groups in total. The van der Waals surface area contributed by atoms with Gasteiger partial charge in [0.2, 0.25) is 11.8 Å². The van der Waals surface area contributed by atoms with Gasteiger partial charge in [-0.3, -0.25) is 14.4 Å². The van der Waals surface area contributed by atoms with E-state index in [0.29, 0.717) is 31.8 Å². The van der Waals surface area contributed by atoms with Crippen molar-refractivity contribution in [1.82, 2.24) is 10.6 Å². The smallest absolute Gasteiger partial charge is 0.305 e. The topological polar surface area (TPSA) is 114 Å². The van der Waals surface area contributed by atoms with Crippen LogP contribution in [0.5, 0.6) is 5.75 Å². The average molecular weight is 619 g/mol. The van der Waals surface area contributed by atoms with E-state index in [4.69, 9.17) is 9.47 Å². The first-order chi connectivity index (χ1) is 22.0. The molecule has 1 saturated carbocycles. The van der Waals surface area contributed by atoms with E-state index in [-0.39, 0.29) is 43.5 Å². The SMILES string of the molecule is O=C(C[C@H]1CC=CCCCCC(=O)OC[C@H](CC2CCCCC2)NC1=O)N[C@H](CO)Cc1ccc(OCc2ccccc2)cc1. The van der Waals surface area contributed by atoms with E-state index in [1.807, 2.05) is 66.7 Å². The number of hydrogen-bond donors (Lipinski definition) is 3. The molecule has 2 aliphatic rings. The molecule has 45 heavy (non-hydrogen) atoms. The first kappa shape index (κ1) is 34.2. The number of carbonyl (C=O) groups is 3. The van der Waals surface area contributed by atoms with E-state index in [1.165, 1.54) is 19.3 Å². The lowest BCUT2D eigenvalue weighted by Gasteiger charge is -2.28. The molecule has 2 aromatic carbocycles. The van der Waals surface area contributed by atoms with Gasteiger partial charge in [0.25, 0.3) is 0 Å². The Labute approximate surface area is 268 Å². The maximum absolute atomic E-state index is 13.5. The van der Waals surface area contributed by atoms with E-state index in [9.17, 15) is 19.5 Å². The molecule has 1 aliphatic heterocycles. The third-order valence-electron chi connectivity index (χ3n) is 8.77. The zero-order valence-corrected chi connectivity index (χ0v) is 26.5. The van der Waals surface area contributed by atoms with Gasteiger partial charge in [-0.15, -0.1) is 0 Å². The number of aliphatic hydroxyl groups excluding tert-OH is 1. The van der Waals surface area contributed by atoms with Crippen LogP contribution in [-0.4, -0.2) is 48.2 Å². The Balaban J connectivity index is 1.33. The predicted octanol–water partition coefficient (Wildman–Crippen LogP) is 5.81. The zero-order chi connectivity index (χ0) is 31.7. The summed E-state index contributed by atoms with van der Waals surface area (Å²) in [6, 6.07) is 16.9. The van der Waals surface area contributed by atoms with Gasteiger partial charge < -0.3 is 25.2 Å². The van der Waals surface area contributed by atoms with Crippen LogP contribution in [-0.2, 0) is 32.1 Å². The minimum absolute atomic E-state index is 0.00880. The summed E-state index contributed by atoms with van der Waals surface area (Å²) in [6.07, 6.45) is 14.4. The highest BCUT2D eigenvalue weighted by molar-refractivity contribution is 5.86. The fourth-order valence-electron chi connectivity index (χ4n) is 6.19. The molecule has 8 heteroatoms. The highest BCUT2D eigenvalue weighted by Gasteiger charge is 2.27. The number of rotatable bonds is 11. The number of ether oxygens (including phenoxy) is 2. The standard InChI is InChI=1S/C37H50N2O6/c40-25-32(22-29-18-20-34(21-19-29)44-26-30-14-8-5-9-15-30)38-35(41)24-31-16-10-2-1-3-11-17-36(42)45-27-33(39-37(31)43)23-28-12-6-4-7-13-28/h2,5,8-10,14-15,18-21,28,31-33,40H,1,3-4,6-7,11-13,16-17,22-27H2,(H,38,41)(H,39,43)/t31-,32+,33+/m1/s1. The summed E-state index contributed by atoms with van der Waals surface area (Å²) in [5.74, 6) is -0.0136. The van der Waals surface area contributed by atoms with Gasteiger partial charge >= 0.3 is 5.97 Å². The van der Waals surface area contributed by atoms with Crippen molar-refractivity contribution >= 4 is 17.8 Å². The first-order valence-corrected chi connectivity index (χ1v) is 16.8. The van der Waals surface area contributed by atoms with Crippen molar-refractivity contribution in [2.75, 3.05) is 13.2 Å². The van der Waals surface area contributed by atoms with Gasteiger partial charge in [-0.2, -0.15) is 0 Å². The molecule has 0 radical (unpaired) electrons. The molecule has 2 aromatic rings. The van der Waals surface area contributed by atoms with Crippen LogP contribution < -0.4 is 15.4 Å². The number of hydrogen-bond acceptors (Lipinski definition) is 6. The largest absolute Gasteiger partial charge is 0.489 e. The quantitative estimate of drug-likeness (QED) is 0.216. The van der Waals surface area contributed by atoms with Crippen LogP contribution in [0, 0.1) is 11.8 Å². The van der Waals surface area contributed by atoms with Crippen molar-refractivity contribution in [2.24, 2.45) is 11.8 Å². The fourth-order valence-corrected chi connectivity index (χ4v) is 6.19. The average Bonchev–Trinajstić information content (AvgIpc) is 3.06. The van der Waals surface area contributed by atoms with Crippen molar-refractivity contribution in [2.45, 2.75) is 102 Å². The Morgan fingerprint density at radius 1 is 0.956 bits per heavy atom. The van der Waals surface area contributed by atoms with E-state index in [1.54, 1.807) is 0 Å². The number of carbonyl (C=O) groups excluding carboxylic acids is 3. The number of allylic oxidation sites excluding steroid dienone is 2. The Morgan fingerprint density at radius 3 is 2.49 bits per heavy atom. The maximum atomic E-state index is 13.5. The lowest BCUT2D eigenvalue weighted by Crippen LogP contribution is -2.45. The van der Waals surface area contributed by atoms with Crippen LogP contribution in [0.25, 0.3) is 0 Å². The number of cyclic esters (lactones) is 1. The van der Waals surface area contributed by atoms with Crippen LogP contribution in [0.1, 0.15) is 88.2 Å². The van der Waals surface area contributed by atoms with Crippen LogP contribution in [0.4, 0.5) is 0 Å². The molecule has 1 heterocycles. The molecule has 0 aromatic heterocycles. The Morgan fingerprint density at radius 2 is 1.73 bits per heavy atom. The molecule has 244 valence electrons. The second kappa shape index (κ2) is 19.0. The maximum Gasteiger partial charge on any atom is 0.305 e. The van der Waals surface area contributed by atoms with E-state index < -0.39 is 12.0 Å². The summed E-state index contributed by atoms with van der Waals surface area (Å²) >= 11 is 0. The number of aliphatic hydroxyl groups is 1. The molecule has 0 unspecified atom stereocenters. The number of nitrogens with one attached hydrogen (secondary N) is 2. The van der Waals surface area contributed by atoms with Gasteiger partial charge in [-0.05, 0) is 67.7 Å². The molecule has 0 bridgehead atoms. The number of esters is 1. The summed E-state index contributed by atoms with van der Waals surface area (Å²) in [6.45, 7) is 0.425. The third-order valence-corrected chi connectivity index (χ3v) is 8.77. The normalized spacial score (nSPS) is 21.2. The van der Waals surface area contributed by atoms with E-state index in [2.05, 4.69) is 10.6 Å². The highest BCUT2D eigenvalue weighted by Crippen LogP contribution is 2.28. The Kier molecular flexibility index (Phi) is 14.4. The van der Waals surface area contributed by atoms with Crippen molar-refractivity contribution in [3.63, 3.8) is 0 Å². The van der Waals surface area contributed by atoms with Crippen LogP contribution in [0.2, 0.25) is 0 Å². The summed E-state index contributed by atoms with van der Waals surface area (Å²) in [4.78, 5) is 39.1. The van der Waals surface area contributed by atoms with Gasteiger partial charge in [-0.1, -0.05) is 86.7 Å². The molecule has 8 nitrogen and oxygen atoms in total. The van der Waals surface area contributed by atoms with Gasteiger partial charge in [0, 0.05) is 12.8 Å². The fraction of sp³-hybridized carbons (Fsp3) is 0.541. The molecule has 1 aliphatic carbocycles. The van der Waals surface area contributed by atoms with Crippen LogP contribution >= 0.6 is 0 Å². The minimum Gasteiger partial charge on any atom is -0.489 e. The third kappa shape index (κ3) is 12.7. The van der Waals surface area contributed by atoms with E-state index in [0.717, 1.165) is 55.4 Å². The molecular weight excluding hydrogens is 568 g/mol. The minimum atomic E-state index is -0.561. The molecular formula is C37H50N2O6. The Bertz CT molecular complexity index is 1210. The van der Waals surface area contributed by atoms with Crippen molar-refractivity contribution in [3.05, 3.63) is 77.9 Å². The number of amides is 2. The van der Waals surface area contributed by atoms with Gasteiger partial charge in [0.05, 0.1) is 24.6 Å². The van der Waals surface area contributed by atoms with E-state index >= 15 is 0 Å². The first-order valence-electron chi connectivity index (χ1n) is 16.8. The highest BCUT2D eigenvalue weighted by atomic mass is 16.5. The summed E-state index contributed by atoms with van der Waals surface area (Å²) in [5, 5.41) is 16.1. The van der Waals surface area contributed by atoms with Gasteiger partial charge in [-0.25, -0.2) is 0 Å². The monoisotopic (exact) mass is 618 g/mol. The summed E-state index contributed by atoms with van der Waals surface area (Å²) in [7, 11) is 0. The molecule has 3 atom stereocenters. The molecule has 0 saturated heterocycles. The van der Waals surface area contributed by atoms with Crippen molar-refractivity contribution < 1.29 is 29.0 Å². The second-order valence-corrected chi connectivity index (χ2v) is 12.6. The summed E-state index contributed by atoms with van der Waals surface area (Å²) in [5.41, 5.74) is 2.05. The van der Waals surface area contributed by atoms with Crippen LogP contribution in [0.15, 0.2) is 66.7 Å². The van der Waals surface area contributed by atoms with Gasteiger partial charge in [0.15, 0.2) is 0 Å². The number of benzene rings is 2. The molecule has 4 rings (SSSR count). The van der Waals surface area contributed by atoms with Gasteiger partial charge in [0.1, 0.15) is 19.0 Å². The molecule has 1 fully saturated rings. The molecule has 2 amide bonds. The lowest BCUT2D eigenvalue weighted by atomic mass is 9.84. The Hall–Kier alpha value is -3.65. The van der Waals surface area contributed by atoms with Crippen LogP contribution in [0.3, 0.4) is 0 Å². The van der Waals surface area contributed by atoms with Crippen molar-refractivity contribution in [1.29, 1.82) is 0 Å². The lowest BCUT2D eigenvalue weighted by molar-refractivity contribution is -0.145. The predicted molar refractivity (Wildman–Crippen MR) is 174 cm³/mol.